The van der Waals surface area contributed by atoms with Gasteiger partial charge in [0.1, 0.15) is 5.75 Å². The summed E-state index contributed by atoms with van der Waals surface area (Å²) in [6.07, 6.45) is 0.637. The Balaban J connectivity index is 2.84. The molecule has 0 aliphatic rings. The highest BCUT2D eigenvalue weighted by atomic mass is 16.5. The number of methoxy groups -OCH3 is 3. The normalized spacial score (nSPS) is 11.0. The number of rotatable bonds is 6. The van der Waals surface area contributed by atoms with Gasteiger partial charge in [-0.2, -0.15) is 0 Å². The summed E-state index contributed by atoms with van der Waals surface area (Å²) < 4.78 is 16.0. The van der Waals surface area contributed by atoms with E-state index in [1.807, 2.05) is 26.8 Å². The lowest BCUT2D eigenvalue weighted by atomic mass is 9.95. The molecule has 5 heteroatoms. The van der Waals surface area contributed by atoms with E-state index in [-0.39, 0.29) is 5.91 Å². The molecule has 0 aliphatic heterocycles. The Labute approximate surface area is 126 Å². The minimum absolute atomic E-state index is 0.0244. The second-order valence-corrected chi connectivity index (χ2v) is 5.78. The predicted molar refractivity (Wildman–Crippen MR) is 82.3 cm³/mol. The van der Waals surface area contributed by atoms with Gasteiger partial charge in [-0.25, -0.2) is 0 Å². The maximum Gasteiger partial charge on any atom is 0.225 e. The summed E-state index contributed by atoms with van der Waals surface area (Å²) >= 11 is 0. The predicted octanol–water partition coefficient (Wildman–Crippen LogP) is 2.42. The van der Waals surface area contributed by atoms with Crippen molar-refractivity contribution in [3.05, 3.63) is 17.7 Å². The Morgan fingerprint density at radius 3 is 2.24 bits per heavy atom. The zero-order chi connectivity index (χ0) is 16.0. The third kappa shape index (κ3) is 4.55. The van der Waals surface area contributed by atoms with E-state index in [9.17, 15) is 4.79 Å². The van der Waals surface area contributed by atoms with E-state index in [1.165, 1.54) is 0 Å². The molecule has 21 heavy (non-hydrogen) atoms. The lowest BCUT2D eigenvalue weighted by molar-refractivity contribution is -0.128. The molecule has 1 aromatic rings. The van der Waals surface area contributed by atoms with Gasteiger partial charge in [0.2, 0.25) is 5.91 Å². The minimum atomic E-state index is -0.393. The van der Waals surface area contributed by atoms with Gasteiger partial charge in [-0.1, -0.05) is 20.8 Å². The Bertz CT molecular complexity index is 492. The fourth-order valence-electron chi connectivity index (χ4n) is 1.89. The maximum atomic E-state index is 11.9. The van der Waals surface area contributed by atoms with Crippen molar-refractivity contribution in [2.24, 2.45) is 5.41 Å². The van der Waals surface area contributed by atoms with Gasteiger partial charge >= 0.3 is 0 Å². The van der Waals surface area contributed by atoms with Gasteiger partial charge in [-0.05, 0) is 12.5 Å². The van der Waals surface area contributed by atoms with Crippen molar-refractivity contribution < 1.29 is 19.0 Å². The molecule has 5 nitrogen and oxygen atoms in total. The van der Waals surface area contributed by atoms with Crippen LogP contribution in [0.3, 0.4) is 0 Å². The summed E-state index contributed by atoms with van der Waals surface area (Å²) in [6.45, 7) is 6.19. The molecule has 0 unspecified atom stereocenters. The van der Waals surface area contributed by atoms with E-state index >= 15 is 0 Å². The molecule has 0 saturated carbocycles. The lowest BCUT2D eigenvalue weighted by Crippen LogP contribution is -2.35. The average molecular weight is 295 g/mol. The topological polar surface area (TPSA) is 56.8 Å². The summed E-state index contributed by atoms with van der Waals surface area (Å²) in [6, 6.07) is 3.67. The van der Waals surface area contributed by atoms with Gasteiger partial charge in [0.25, 0.3) is 0 Å². The number of ether oxygens (including phenoxy) is 3. The fourth-order valence-corrected chi connectivity index (χ4v) is 1.89. The first-order valence-corrected chi connectivity index (χ1v) is 6.90. The Morgan fingerprint density at radius 2 is 1.76 bits per heavy atom. The van der Waals surface area contributed by atoms with Gasteiger partial charge in [0, 0.05) is 23.6 Å². The van der Waals surface area contributed by atoms with Crippen LogP contribution in [0.15, 0.2) is 12.1 Å². The fraction of sp³-hybridized carbons (Fsp3) is 0.562. The van der Waals surface area contributed by atoms with Crippen molar-refractivity contribution in [1.29, 1.82) is 0 Å². The largest absolute Gasteiger partial charge is 0.497 e. The lowest BCUT2D eigenvalue weighted by Gasteiger charge is -2.18. The molecule has 1 aromatic carbocycles. The molecule has 0 spiro atoms. The molecule has 0 saturated heterocycles. The van der Waals surface area contributed by atoms with Gasteiger partial charge in [0.05, 0.1) is 21.3 Å². The zero-order valence-corrected chi connectivity index (χ0v) is 13.7. The third-order valence-electron chi connectivity index (χ3n) is 3.13. The highest BCUT2D eigenvalue weighted by Crippen LogP contribution is 2.35. The first kappa shape index (κ1) is 17.1. The Morgan fingerprint density at radius 1 is 1.10 bits per heavy atom. The number of carbonyl (C=O) groups excluding carboxylic acids is 1. The number of nitrogens with one attached hydrogen (secondary N) is 1. The standard InChI is InChI=1S/C16H25NO4/c1-16(2,3)15(18)17-8-7-11-9-12(19-4)10-13(20-5)14(11)21-6/h9-10H,7-8H2,1-6H3,(H,17,18). The van der Waals surface area contributed by atoms with Crippen LogP contribution in [-0.2, 0) is 11.2 Å². The molecule has 0 bridgehead atoms. The molecule has 0 heterocycles. The molecule has 0 radical (unpaired) electrons. The van der Waals surface area contributed by atoms with E-state index in [2.05, 4.69) is 5.32 Å². The number of amides is 1. The first-order chi connectivity index (χ1) is 9.83. The number of benzene rings is 1. The van der Waals surface area contributed by atoms with Crippen molar-refractivity contribution >= 4 is 5.91 Å². The molecular formula is C16H25NO4. The van der Waals surface area contributed by atoms with Crippen LogP contribution in [0.25, 0.3) is 0 Å². The molecule has 1 amide bonds. The van der Waals surface area contributed by atoms with Crippen LogP contribution >= 0.6 is 0 Å². The quantitative estimate of drug-likeness (QED) is 0.875. The van der Waals surface area contributed by atoms with E-state index in [0.717, 1.165) is 5.56 Å². The number of hydrogen-bond donors (Lipinski definition) is 1. The number of hydrogen-bond acceptors (Lipinski definition) is 4. The van der Waals surface area contributed by atoms with Crippen molar-refractivity contribution in [2.75, 3.05) is 27.9 Å². The Kier molecular flexibility index (Phi) is 5.88. The maximum absolute atomic E-state index is 11.9. The summed E-state index contributed by atoms with van der Waals surface area (Å²) in [5, 5.41) is 2.92. The SMILES string of the molecule is COc1cc(CCNC(=O)C(C)(C)C)c(OC)c(OC)c1. The molecule has 1 N–H and O–H groups in total. The molecule has 0 aromatic heterocycles. The van der Waals surface area contributed by atoms with Crippen LogP contribution in [-0.4, -0.2) is 33.8 Å². The second kappa shape index (κ2) is 7.20. The van der Waals surface area contributed by atoms with E-state index in [0.29, 0.717) is 30.2 Å². The van der Waals surface area contributed by atoms with Crippen LogP contribution < -0.4 is 19.5 Å². The zero-order valence-electron chi connectivity index (χ0n) is 13.7. The summed E-state index contributed by atoms with van der Waals surface area (Å²) in [5.74, 6) is 2.01. The number of carbonyl (C=O) groups is 1. The van der Waals surface area contributed by atoms with Crippen LogP contribution in [0.2, 0.25) is 0 Å². The van der Waals surface area contributed by atoms with Crippen molar-refractivity contribution in [2.45, 2.75) is 27.2 Å². The van der Waals surface area contributed by atoms with Crippen LogP contribution in [0.1, 0.15) is 26.3 Å². The van der Waals surface area contributed by atoms with Gasteiger partial charge in [0.15, 0.2) is 11.5 Å². The monoisotopic (exact) mass is 295 g/mol. The van der Waals surface area contributed by atoms with Crippen LogP contribution in [0, 0.1) is 5.41 Å². The highest BCUT2D eigenvalue weighted by Gasteiger charge is 2.21. The highest BCUT2D eigenvalue weighted by molar-refractivity contribution is 5.81. The third-order valence-corrected chi connectivity index (χ3v) is 3.13. The Hall–Kier alpha value is -1.91. The molecule has 1 rings (SSSR count). The van der Waals surface area contributed by atoms with E-state index < -0.39 is 5.41 Å². The smallest absolute Gasteiger partial charge is 0.225 e. The van der Waals surface area contributed by atoms with Gasteiger partial charge in [-0.15, -0.1) is 0 Å². The first-order valence-electron chi connectivity index (χ1n) is 6.90. The van der Waals surface area contributed by atoms with E-state index in [1.54, 1.807) is 27.4 Å². The summed E-state index contributed by atoms with van der Waals surface area (Å²) in [4.78, 5) is 11.9. The summed E-state index contributed by atoms with van der Waals surface area (Å²) in [7, 11) is 4.79. The van der Waals surface area contributed by atoms with Crippen molar-refractivity contribution in [3.63, 3.8) is 0 Å². The molecule has 118 valence electrons. The second-order valence-electron chi connectivity index (χ2n) is 5.78. The van der Waals surface area contributed by atoms with Crippen LogP contribution in [0.4, 0.5) is 0 Å². The van der Waals surface area contributed by atoms with Crippen molar-refractivity contribution in [3.8, 4) is 17.2 Å². The molecule has 0 atom stereocenters. The van der Waals surface area contributed by atoms with Gasteiger partial charge < -0.3 is 19.5 Å². The minimum Gasteiger partial charge on any atom is -0.497 e. The van der Waals surface area contributed by atoms with Crippen LogP contribution in [0.5, 0.6) is 17.2 Å². The van der Waals surface area contributed by atoms with E-state index in [4.69, 9.17) is 14.2 Å². The average Bonchev–Trinajstić information content (AvgIpc) is 2.44. The molecule has 0 fully saturated rings. The summed E-state index contributed by atoms with van der Waals surface area (Å²) in [5.41, 5.74) is 0.541. The molecule has 0 aliphatic carbocycles. The van der Waals surface area contributed by atoms with Crippen molar-refractivity contribution in [1.82, 2.24) is 5.32 Å². The molecular weight excluding hydrogens is 270 g/mol. The van der Waals surface area contributed by atoms with Gasteiger partial charge in [-0.3, -0.25) is 4.79 Å².